The summed E-state index contributed by atoms with van der Waals surface area (Å²) in [5.74, 6) is 0.560. The van der Waals surface area contributed by atoms with Crippen LogP contribution in [0.2, 0.25) is 0 Å². The number of nitrogens with zero attached hydrogens (tertiary/aromatic N) is 6. The third-order valence-corrected chi connectivity index (χ3v) is 4.78. The lowest BCUT2D eigenvalue weighted by atomic mass is 10.2. The summed E-state index contributed by atoms with van der Waals surface area (Å²) in [6.45, 7) is 1.48. The number of hydrogen-bond acceptors (Lipinski definition) is 6. The minimum absolute atomic E-state index is 0.0262. The number of nitrogens with one attached hydrogen (secondary N) is 1. The van der Waals surface area contributed by atoms with Gasteiger partial charge in [-0.15, -0.1) is 11.3 Å². The molecule has 0 aromatic carbocycles. The second-order valence-corrected chi connectivity index (χ2v) is 6.25. The van der Waals surface area contributed by atoms with Crippen LogP contribution in [-0.2, 0) is 6.54 Å². The van der Waals surface area contributed by atoms with Gasteiger partial charge in [-0.25, -0.2) is 9.97 Å². The van der Waals surface area contributed by atoms with Crippen LogP contribution in [0.15, 0.2) is 30.2 Å². The summed E-state index contributed by atoms with van der Waals surface area (Å²) < 4.78 is 1.87. The van der Waals surface area contributed by atoms with Crippen LogP contribution in [0.1, 0.15) is 23.3 Å². The zero-order valence-electron chi connectivity index (χ0n) is 12.3. The monoisotopic (exact) mass is 329 g/mol. The van der Waals surface area contributed by atoms with Crippen LogP contribution in [0.4, 0.5) is 0 Å². The van der Waals surface area contributed by atoms with E-state index >= 15 is 0 Å². The Morgan fingerprint density at radius 3 is 3.22 bits per heavy atom. The highest BCUT2D eigenvalue weighted by atomic mass is 32.1. The third-order valence-electron chi connectivity index (χ3n) is 3.94. The smallest absolute Gasteiger partial charge is 0.273 e. The highest BCUT2D eigenvalue weighted by Gasteiger charge is 2.31. The Kier molecular flexibility index (Phi) is 3.62. The quantitative estimate of drug-likeness (QED) is 0.781. The second-order valence-electron chi connectivity index (χ2n) is 5.39. The van der Waals surface area contributed by atoms with Crippen LogP contribution in [0.5, 0.6) is 0 Å². The van der Waals surface area contributed by atoms with E-state index in [1.165, 1.54) is 17.7 Å². The van der Waals surface area contributed by atoms with Crippen molar-refractivity contribution < 1.29 is 4.79 Å². The molecule has 4 rings (SSSR count). The number of carbonyl (C=O) groups excluding carboxylic acids is 1. The molecule has 0 bridgehead atoms. The summed E-state index contributed by atoms with van der Waals surface area (Å²) in [7, 11) is 0. The van der Waals surface area contributed by atoms with E-state index in [-0.39, 0.29) is 11.9 Å². The first kappa shape index (κ1) is 14.1. The van der Waals surface area contributed by atoms with Crippen molar-refractivity contribution in [2.24, 2.45) is 0 Å². The Hall–Kier alpha value is -2.55. The number of rotatable bonds is 4. The summed E-state index contributed by atoms with van der Waals surface area (Å²) in [6.07, 6.45) is 7.11. The lowest BCUT2D eigenvalue weighted by Gasteiger charge is -2.23. The fraction of sp³-hybridized carbons (Fsp3) is 0.357. The van der Waals surface area contributed by atoms with Crippen molar-refractivity contribution in [3.05, 3.63) is 35.9 Å². The molecular weight excluding hydrogens is 314 g/mol. The molecule has 0 unspecified atom stereocenters. The molecule has 118 valence electrons. The Labute approximate surface area is 136 Å². The van der Waals surface area contributed by atoms with Gasteiger partial charge in [-0.3, -0.25) is 14.6 Å². The number of hydrogen-bond donors (Lipinski definition) is 1. The molecule has 0 aliphatic carbocycles. The summed E-state index contributed by atoms with van der Waals surface area (Å²) in [4.78, 5) is 23.1. The summed E-state index contributed by atoms with van der Waals surface area (Å²) in [6, 6.07) is 2.06. The van der Waals surface area contributed by atoms with Gasteiger partial charge in [0, 0.05) is 24.3 Å². The van der Waals surface area contributed by atoms with E-state index in [2.05, 4.69) is 25.3 Å². The molecule has 9 heteroatoms. The highest BCUT2D eigenvalue weighted by Crippen LogP contribution is 2.24. The first-order valence-electron chi connectivity index (χ1n) is 7.41. The SMILES string of the molecule is O=C(c1csc(-c2ncn[nH]2)n1)N1CCC[C@@H]1Cn1cccn1. The maximum absolute atomic E-state index is 12.8. The van der Waals surface area contributed by atoms with Crippen molar-refractivity contribution in [1.82, 2.24) is 34.8 Å². The largest absolute Gasteiger partial charge is 0.332 e. The molecule has 0 spiro atoms. The molecule has 1 atom stereocenters. The van der Waals surface area contributed by atoms with Crippen molar-refractivity contribution >= 4 is 17.2 Å². The number of thiazole rings is 1. The van der Waals surface area contributed by atoms with Crippen LogP contribution in [0, 0.1) is 0 Å². The van der Waals surface area contributed by atoms with Gasteiger partial charge in [0.05, 0.1) is 12.6 Å². The molecule has 3 aromatic heterocycles. The summed E-state index contributed by atoms with van der Waals surface area (Å²) >= 11 is 1.39. The average Bonchev–Trinajstić information content (AvgIpc) is 3.33. The van der Waals surface area contributed by atoms with Gasteiger partial charge >= 0.3 is 0 Å². The molecule has 0 radical (unpaired) electrons. The standard InChI is InChI=1S/C14H15N7OS/c22-14(11-8-23-13(18-11)12-15-9-16-19-12)21-6-1-3-10(21)7-20-5-2-4-17-20/h2,4-5,8-10H,1,3,6-7H2,(H,15,16,19)/t10-/m1/s1. The molecular formula is C14H15N7OS. The van der Waals surface area contributed by atoms with E-state index in [0.29, 0.717) is 16.5 Å². The van der Waals surface area contributed by atoms with Gasteiger partial charge < -0.3 is 4.90 Å². The van der Waals surface area contributed by atoms with Crippen molar-refractivity contribution in [3.8, 4) is 10.8 Å². The van der Waals surface area contributed by atoms with Crippen LogP contribution >= 0.6 is 11.3 Å². The number of likely N-dealkylation sites (tertiary alicyclic amines) is 1. The van der Waals surface area contributed by atoms with Gasteiger partial charge in [-0.1, -0.05) is 0 Å². The number of H-pyrrole nitrogens is 1. The van der Waals surface area contributed by atoms with E-state index in [4.69, 9.17) is 0 Å². The van der Waals surface area contributed by atoms with Gasteiger partial charge in [0.2, 0.25) is 0 Å². The van der Waals surface area contributed by atoms with Gasteiger partial charge in [-0.05, 0) is 18.9 Å². The average molecular weight is 329 g/mol. The fourth-order valence-corrected chi connectivity index (χ4v) is 3.59. The lowest BCUT2D eigenvalue weighted by Crippen LogP contribution is -2.38. The zero-order valence-corrected chi connectivity index (χ0v) is 13.1. The molecule has 1 aliphatic heterocycles. The second kappa shape index (κ2) is 5.92. The first-order valence-corrected chi connectivity index (χ1v) is 8.29. The summed E-state index contributed by atoms with van der Waals surface area (Å²) in [5.41, 5.74) is 0.466. The topological polar surface area (TPSA) is 92.6 Å². The summed E-state index contributed by atoms with van der Waals surface area (Å²) in [5, 5.41) is 13.3. The molecule has 3 aromatic rings. The first-order chi connectivity index (χ1) is 11.3. The predicted molar refractivity (Wildman–Crippen MR) is 83.8 cm³/mol. The Balaban J connectivity index is 1.51. The maximum atomic E-state index is 12.8. The number of amides is 1. The van der Waals surface area contributed by atoms with Crippen LogP contribution in [-0.4, -0.2) is 53.3 Å². The van der Waals surface area contributed by atoms with Gasteiger partial charge in [-0.2, -0.15) is 10.2 Å². The van der Waals surface area contributed by atoms with E-state index in [0.717, 1.165) is 25.9 Å². The molecule has 8 nitrogen and oxygen atoms in total. The van der Waals surface area contributed by atoms with E-state index in [1.54, 1.807) is 11.6 Å². The Morgan fingerprint density at radius 1 is 1.48 bits per heavy atom. The lowest BCUT2D eigenvalue weighted by molar-refractivity contribution is 0.0716. The minimum Gasteiger partial charge on any atom is -0.332 e. The van der Waals surface area contributed by atoms with Crippen LogP contribution in [0.3, 0.4) is 0 Å². The van der Waals surface area contributed by atoms with Crippen LogP contribution in [0.25, 0.3) is 10.8 Å². The molecule has 0 saturated carbocycles. The van der Waals surface area contributed by atoms with Crippen molar-refractivity contribution in [3.63, 3.8) is 0 Å². The number of aromatic amines is 1. The Bertz CT molecular complexity index is 780. The van der Waals surface area contributed by atoms with Gasteiger partial charge in [0.15, 0.2) is 10.8 Å². The molecule has 1 amide bonds. The number of aromatic nitrogens is 6. The van der Waals surface area contributed by atoms with Crippen molar-refractivity contribution in [2.45, 2.75) is 25.4 Å². The predicted octanol–water partition coefficient (Wildman–Crippen LogP) is 1.43. The maximum Gasteiger partial charge on any atom is 0.273 e. The fourth-order valence-electron chi connectivity index (χ4n) is 2.85. The van der Waals surface area contributed by atoms with E-state index in [9.17, 15) is 4.79 Å². The molecule has 1 saturated heterocycles. The molecule has 4 heterocycles. The minimum atomic E-state index is -0.0262. The van der Waals surface area contributed by atoms with Gasteiger partial charge in [0.1, 0.15) is 12.0 Å². The van der Waals surface area contributed by atoms with Crippen LogP contribution < -0.4 is 0 Å². The van der Waals surface area contributed by atoms with Crippen molar-refractivity contribution in [2.75, 3.05) is 6.54 Å². The normalized spacial score (nSPS) is 17.7. The molecule has 1 aliphatic rings. The highest BCUT2D eigenvalue weighted by molar-refractivity contribution is 7.13. The van der Waals surface area contributed by atoms with E-state index in [1.807, 2.05) is 21.8 Å². The number of carbonyl (C=O) groups is 1. The third kappa shape index (κ3) is 2.74. The Morgan fingerprint density at radius 2 is 2.43 bits per heavy atom. The molecule has 1 fully saturated rings. The van der Waals surface area contributed by atoms with Crippen molar-refractivity contribution in [1.29, 1.82) is 0 Å². The zero-order chi connectivity index (χ0) is 15.6. The van der Waals surface area contributed by atoms with Gasteiger partial charge in [0.25, 0.3) is 5.91 Å². The molecule has 23 heavy (non-hydrogen) atoms. The van der Waals surface area contributed by atoms with E-state index < -0.39 is 0 Å². The molecule has 1 N–H and O–H groups in total.